The van der Waals surface area contributed by atoms with Crippen LogP contribution in [0.2, 0.25) is 5.02 Å². The van der Waals surface area contributed by atoms with Gasteiger partial charge in [-0.1, -0.05) is 49.5 Å². The zero-order valence-electron chi connectivity index (χ0n) is 10.7. The third kappa shape index (κ3) is 3.98. The van der Waals surface area contributed by atoms with Gasteiger partial charge in [0.05, 0.1) is 6.10 Å². The fourth-order valence-electron chi connectivity index (χ4n) is 1.77. The maximum Gasteiger partial charge on any atom is 0.125 e. The number of aliphatic hydroxyl groups excluding tert-OH is 1. The number of aliphatic hydroxyl groups is 1. The summed E-state index contributed by atoms with van der Waals surface area (Å²) in [6.07, 6.45) is -0.595. The van der Waals surface area contributed by atoms with Gasteiger partial charge in [0.25, 0.3) is 0 Å². The van der Waals surface area contributed by atoms with E-state index in [0.717, 1.165) is 20.1 Å². The fraction of sp³-hybridized carbons (Fsp3) is 0.200. The van der Waals surface area contributed by atoms with E-state index in [1.807, 2.05) is 36.4 Å². The molecule has 0 amide bonds. The van der Waals surface area contributed by atoms with Crippen molar-refractivity contribution in [1.29, 1.82) is 0 Å². The van der Waals surface area contributed by atoms with Crippen LogP contribution in [0.3, 0.4) is 0 Å². The molecular weight excluding hydrogens is 407 g/mol. The molecule has 0 aliphatic heterocycles. The lowest BCUT2D eigenvalue weighted by molar-refractivity contribution is 0.190. The fourth-order valence-corrected chi connectivity index (χ4v) is 2.88. The van der Waals surface area contributed by atoms with Crippen molar-refractivity contribution in [2.75, 3.05) is 0 Å². The first-order valence-electron chi connectivity index (χ1n) is 6.01. The Labute approximate surface area is 140 Å². The van der Waals surface area contributed by atoms with Gasteiger partial charge in [0.15, 0.2) is 0 Å². The Morgan fingerprint density at radius 1 is 1.15 bits per heavy atom. The Morgan fingerprint density at radius 2 is 1.80 bits per heavy atom. The van der Waals surface area contributed by atoms with E-state index >= 15 is 0 Å². The second-order valence-corrected chi connectivity index (χ2v) is 6.62. The molecule has 2 rings (SSSR count). The third-order valence-corrected chi connectivity index (χ3v) is 4.16. The van der Waals surface area contributed by atoms with Crippen LogP contribution >= 0.6 is 43.5 Å². The Bertz CT molecular complexity index is 615. The van der Waals surface area contributed by atoms with Crippen molar-refractivity contribution < 1.29 is 9.84 Å². The van der Waals surface area contributed by atoms with Gasteiger partial charge in [-0.05, 0) is 37.3 Å². The Morgan fingerprint density at radius 3 is 2.45 bits per heavy atom. The molecule has 0 spiro atoms. The molecule has 0 aliphatic rings. The molecule has 0 bridgehead atoms. The van der Waals surface area contributed by atoms with Crippen molar-refractivity contribution in [2.24, 2.45) is 0 Å². The van der Waals surface area contributed by atoms with E-state index in [-0.39, 0.29) is 0 Å². The molecule has 1 N–H and O–H groups in total. The lowest BCUT2D eigenvalue weighted by Crippen LogP contribution is -2.01. The molecule has 0 radical (unpaired) electrons. The minimum absolute atomic E-state index is 0.355. The minimum Gasteiger partial charge on any atom is -0.488 e. The van der Waals surface area contributed by atoms with E-state index in [0.29, 0.717) is 17.4 Å². The molecule has 0 saturated carbocycles. The normalized spacial score (nSPS) is 12.2. The Hall–Kier alpha value is -0.550. The predicted octanol–water partition coefficient (Wildman–Crippen LogP) is 5.50. The van der Waals surface area contributed by atoms with Gasteiger partial charge in [-0.15, -0.1) is 0 Å². The van der Waals surface area contributed by atoms with Gasteiger partial charge in [0, 0.05) is 25.1 Å². The molecule has 20 heavy (non-hydrogen) atoms. The van der Waals surface area contributed by atoms with Gasteiger partial charge < -0.3 is 9.84 Å². The van der Waals surface area contributed by atoms with Crippen LogP contribution in [0.5, 0.6) is 5.75 Å². The lowest BCUT2D eigenvalue weighted by atomic mass is 10.1. The predicted molar refractivity (Wildman–Crippen MR) is 88.3 cm³/mol. The molecule has 2 nitrogen and oxygen atoms in total. The highest BCUT2D eigenvalue weighted by Crippen LogP contribution is 2.30. The van der Waals surface area contributed by atoms with Crippen molar-refractivity contribution in [3.05, 3.63) is 61.5 Å². The van der Waals surface area contributed by atoms with Gasteiger partial charge >= 0.3 is 0 Å². The summed E-state index contributed by atoms with van der Waals surface area (Å²) >= 11 is 12.9. The molecule has 1 atom stereocenters. The minimum atomic E-state index is -0.595. The number of ether oxygens (including phenoxy) is 1. The van der Waals surface area contributed by atoms with Gasteiger partial charge in [0.2, 0.25) is 0 Å². The summed E-state index contributed by atoms with van der Waals surface area (Å²) in [5.41, 5.74) is 1.64. The maximum absolute atomic E-state index is 9.78. The number of halogens is 3. The molecule has 0 heterocycles. The van der Waals surface area contributed by atoms with E-state index < -0.39 is 6.10 Å². The van der Waals surface area contributed by atoms with Crippen LogP contribution in [-0.4, -0.2) is 5.11 Å². The molecule has 0 saturated heterocycles. The molecule has 0 unspecified atom stereocenters. The monoisotopic (exact) mass is 418 g/mol. The summed E-state index contributed by atoms with van der Waals surface area (Å²) in [5.74, 6) is 0.655. The van der Waals surface area contributed by atoms with Crippen LogP contribution in [0.25, 0.3) is 0 Å². The van der Waals surface area contributed by atoms with E-state index in [1.165, 1.54) is 0 Å². The van der Waals surface area contributed by atoms with Crippen LogP contribution in [0.15, 0.2) is 45.3 Å². The van der Waals surface area contributed by atoms with Gasteiger partial charge in [0.1, 0.15) is 12.4 Å². The van der Waals surface area contributed by atoms with Crippen molar-refractivity contribution in [1.82, 2.24) is 0 Å². The quantitative estimate of drug-likeness (QED) is 0.708. The third-order valence-electron chi connectivity index (χ3n) is 2.82. The molecular formula is C15H13Br2ClO2. The smallest absolute Gasteiger partial charge is 0.125 e. The molecule has 106 valence electrons. The molecule has 0 aliphatic carbocycles. The van der Waals surface area contributed by atoms with E-state index in [4.69, 9.17) is 16.3 Å². The first kappa shape index (κ1) is 15.8. The van der Waals surface area contributed by atoms with Gasteiger partial charge in [-0.2, -0.15) is 0 Å². The van der Waals surface area contributed by atoms with Crippen LogP contribution in [0, 0.1) is 0 Å². The zero-order chi connectivity index (χ0) is 14.7. The SMILES string of the molecule is C[C@H](O)c1cc(Br)ccc1OCc1ccc(Br)cc1Cl. The second kappa shape index (κ2) is 6.94. The summed E-state index contributed by atoms with van der Waals surface area (Å²) in [6.45, 7) is 2.06. The largest absolute Gasteiger partial charge is 0.488 e. The summed E-state index contributed by atoms with van der Waals surface area (Å²) < 4.78 is 7.61. The second-order valence-electron chi connectivity index (χ2n) is 4.38. The highest BCUT2D eigenvalue weighted by Gasteiger charge is 2.11. The molecule has 5 heteroatoms. The van der Waals surface area contributed by atoms with Crippen LogP contribution in [-0.2, 0) is 6.61 Å². The highest BCUT2D eigenvalue weighted by molar-refractivity contribution is 9.10. The molecule has 0 aromatic heterocycles. The van der Waals surface area contributed by atoms with Gasteiger partial charge in [-0.3, -0.25) is 0 Å². The standard InChI is InChI=1S/C15H13Br2ClO2/c1-9(19)13-6-11(16)4-5-15(13)20-8-10-2-3-12(17)7-14(10)18/h2-7,9,19H,8H2,1H3/t9-/m0/s1. The van der Waals surface area contributed by atoms with Crippen LogP contribution < -0.4 is 4.74 Å². The molecule has 2 aromatic carbocycles. The summed E-state index contributed by atoms with van der Waals surface area (Å²) in [7, 11) is 0. The summed E-state index contributed by atoms with van der Waals surface area (Å²) in [4.78, 5) is 0. The number of hydrogen-bond donors (Lipinski definition) is 1. The number of benzene rings is 2. The Balaban J connectivity index is 2.18. The van der Waals surface area contributed by atoms with Crippen molar-refractivity contribution in [3.63, 3.8) is 0 Å². The first-order valence-corrected chi connectivity index (χ1v) is 7.98. The summed E-state index contributed by atoms with van der Waals surface area (Å²) in [6, 6.07) is 11.2. The first-order chi connectivity index (χ1) is 9.47. The Kier molecular flexibility index (Phi) is 5.49. The average molecular weight is 421 g/mol. The maximum atomic E-state index is 9.78. The van der Waals surface area contributed by atoms with E-state index in [9.17, 15) is 5.11 Å². The number of hydrogen-bond acceptors (Lipinski definition) is 2. The molecule has 0 fully saturated rings. The highest BCUT2D eigenvalue weighted by atomic mass is 79.9. The van der Waals surface area contributed by atoms with Crippen molar-refractivity contribution in [3.8, 4) is 5.75 Å². The van der Waals surface area contributed by atoms with Crippen LogP contribution in [0.4, 0.5) is 0 Å². The molecule has 2 aromatic rings. The lowest BCUT2D eigenvalue weighted by Gasteiger charge is -2.14. The van der Waals surface area contributed by atoms with Crippen molar-refractivity contribution in [2.45, 2.75) is 19.6 Å². The zero-order valence-corrected chi connectivity index (χ0v) is 14.7. The topological polar surface area (TPSA) is 29.5 Å². The van der Waals surface area contributed by atoms with Gasteiger partial charge in [-0.25, -0.2) is 0 Å². The number of rotatable bonds is 4. The summed E-state index contributed by atoms with van der Waals surface area (Å²) in [5, 5.41) is 10.4. The van der Waals surface area contributed by atoms with Crippen molar-refractivity contribution >= 4 is 43.5 Å². The van der Waals surface area contributed by atoms with Crippen LogP contribution in [0.1, 0.15) is 24.2 Å². The van der Waals surface area contributed by atoms with E-state index in [2.05, 4.69) is 31.9 Å². The average Bonchev–Trinajstić information content (AvgIpc) is 2.38. The van der Waals surface area contributed by atoms with E-state index in [1.54, 1.807) is 6.92 Å².